The molecule has 0 saturated heterocycles. The molecule has 0 aromatic heterocycles. The number of carbonyl (C=O) groups excluding carboxylic acids is 3. The van der Waals surface area contributed by atoms with Crippen LogP contribution in [0.5, 0.6) is 0 Å². The minimum Gasteiger partial charge on any atom is -0.462 e. The third-order valence-electron chi connectivity index (χ3n) is 10.6. The van der Waals surface area contributed by atoms with Crippen LogP contribution in [0.25, 0.3) is 0 Å². The van der Waals surface area contributed by atoms with Gasteiger partial charge in [0.05, 0.1) is 0 Å². The lowest BCUT2D eigenvalue weighted by Crippen LogP contribution is -2.30. The van der Waals surface area contributed by atoms with Crippen LogP contribution in [0.2, 0.25) is 0 Å². The van der Waals surface area contributed by atoms with Gasteiger partial charge in [0.1, 0.15) is 13.2 Å². The van der Waals surface area contributed by atoms with E-state index in [9.17, 15) is 14.4 Å². The van der Waals surface area contributed by atoms with Gasteiger partial charge in [-0.25, -0.2) is 0 Å². The molecule has 0 heterocycles. The summed E-state index contributed by atoms with van der Waals surface area (Å²) in [6, 6.07) is 0. The number of unbranched alkanes of at least 4 members (excludes halogenated alkanes) is 24. The summed E-state index contributed by atoms with van der Waals surface area (Å²) in [5.41, 5.74) is 0. The maximum Gasteiger partial charge on any atom is 0.306 e. The number of hydrogen-bond acceptors (Lipinski definition) is 6. The van der Waals surface area contributed by atoms with E-state index in [0.717, 1.165) is 75.5 Å². The highest BCUT2D eigenvalue weighted by Crippen LogP contribution is 2.17. The normalized spacial score (nSPS) is 12.2. The van der Waals surface area contributed by atoms with Crippen LogP contribution in [0.1, 0.15) is 253 Å². The first kappa shape index (κ1) is 52.4. The highest BCUT2D eigenvalue weighted by molar-refractivity contribution is 5.71. The lowest BCUT2D eigenvalue weighted by molar-refractivity contribution is -0.167. The fourth-order valence-corrected chi connectivity index (χ4v) is 7.06. The molecule has 1 atom stereocenters. The highest BCUT2D eigenvalue weighted by atomic mass is 16.6. The van der Waals surface area contributed by atoms with Gasteiger partial charge >= 0.3 is 17.9 Å². The molecule has 0 spiro atoms. The van der Waals surface area contributed by atoms with Gasteiger partial charge in [-0.3, -0.25) is 14.4 Å². The average Bonchev–Trinajstić information content (AvgIpc) is 3.12. The number of hydrogen-bond donors (Lipinski definition) is 0. The zero-order valence-corrected chi connectivity index (χ0v) is 37.0. The topological polar surface area (TPSA) is 78.9 Å². The van der Waals surface area contributed by atoms with E-state index in [1.807, 2.05) is 0 Å². The lowest BCUT2D eigenvalue weighted by Gasteiger charge is -2.18. The van der Waals surface area contributed by atoms with Gasteiger partial charge in [-0.2, -0.15) is 0 Å². The predicted molar refractivity (Wildman–Crippen MR) is 229 cm³/mol. The summed E-state index contributed by atoms with van der Waals surface area (Å²) in [7, 11) is 0. The molecule has 0 saturated carbocycles. The molecule has 0 aliphatic carbocycles. The molecule has 0 aromatic rings. The van der Waals surface area contributed by atoms with Crippen LogP contribution in [0.3, 0.4) is 0 Å². The predicted octanol–water partition coefficient (Wildman–Crippen LogP) is 14.8. The van der Waals surface area contributed by atoms with Gasteiger partial charge in [0.15, 0.2) is 6.10 Å². The van der Waals surface area contributed by atoms with Crippen molar-refractivity contribution in [1.82, 2.24) is 0 Å². The van der Waals surface area contributed by atoms with Crippen molar-refractivity contribution in [2.75, 3.05) is 13.2 Å². The number of carbonyl (C=O) groups is 3. The van der Waals surface area contributed by atoms with E-state index in [0.29, 0.717) is 19.3 Å². The minimum absolute atomic E-state index is 0.0667. The first-order chi connectivity index (χ1) is 26.1. The molecule has 0 aliphatic rings. The first-order valence-corrected chi connectivity index (χ1v) is 23.6. The highest BCUT2D eigenvalue weighted by Gasteiger charge is 2.19. The van der Waals surface area contributed by atoms with Gasteiger partial charge in [0.2, 0.25) is 0 Å². The van der Waals surface area contributed by atoms with Crippen LogP contribution in [0, 0.1) is 17.8 Å². The van der Waals surface area contributed by atoms with Crippen molar-refractivity contribution in [3.63, 3.8) is 0 Å². The number of esters is 3. The summed E-state index contributed by atoms with van der Waals surface area (Å²) < 4.78 is 16.7. The largest absolute Gasteiger partial charge is 0.462 e. The summed E-state index contributed by atoms with van der Waals surface area (Å²) in [5.74, 6) is 1.53. The molecular weight excluding hydrogens is 673 g/mol. The molecule has 0 N–H and O–H groups in total. The lowest BCUT2D eigenvalue weighted by atomic mass is 10.0. The zero-order chi connectivity index (χ0) is 39.9. The van der Waals surface area contributed by atoms with E-state index in [-0.39, 0.29) is 31.1 Å². The zero-order valence-electron chi connectivity index (χ0n) is 37.0. The molecule has 6 nitrogen and oxygen atoms in total. The van der Waals surface area contributed by atoms with E-state index < -0.39 is 6.10 Å². The van der Waals surface area contributed by atoms with Crippen molar-refractivity contribution in [3.8, 4) is 0 Å². The molecule has 0 aliphatic heterocycles. The van der Waals surface area contributed by atoms with Crippen LogP contribution in [0.15, 0.2) is 0 Å². The Kier molecular flexibility index (Phi) is 38.5. The van der Waals surface area contributed by atoms with Gasteiger partial charge in [-0.15, -0.1) is 0 Å². The minimum atomic E-state index is -0.762. The molecule has 0 bridgehead atoms. The summed E-state index contributed by atoms with van der Waals surface area (Å²) in [4.78, 5) is 37.7. The first-order valence-electron chi connectivity index (χ1n) is 23.6. The van der Waals surface area contributed by atoms with Crippen LogP contribution in [-0.2, 0) is 28.6 Å². The number of rotatable bonds is 41. The van der Waals surface area contributed by atoms with E-state index in [1.165, 1.54) is 135 Å². The third-order valence-corrected chi connectivity index (χ3v) is 10.6. The Balaban J connectivity index is 4.30. The molecule has 0 rings (SSSR count). The average molecular weight is 765 g/mol. The van der Waals surface area contributed by atoms with Crippen LogP contribution < -0.4 is 0 Å². The molecular formula is C48H92O6. The molecule has 6 heteroatoms. The summed E-state index contributed by atoms with van der Waals surface area (Å²) in [6.45, 7) is 13.6. The van der Waals surface area contributed by atoms with Crippen molar-refractivity contribution in [2.45, 2.75) is 260 Å². The van der Waals surface area contributed by atoms with Gasteiger partial charge in [-0.1, -0.05) is 215 Å². The van der Waals surface area contributed by atoms with Crippen molar-refractivity contribution in [2.24, 2.45) is 17.8 Å². The van der Waals surface area contributed by atoms with E-state index in [4.69, 9.17) is 14.2 Å². The Morgan fingerprint density at radius 1 is 0.315 bits per heavy atom. The van der Waals surface area contributed by atoms with Crippen LogP contribution in [0.4, 0.5) is 0 Å². The molecule has 320 valence electrons. The quantitative estimate of drug-likeness (QED) is 0.0350. The monoisotopic (exact) mass is 765 g/mol. The molecule has 0 amide bonds. The molecule has 0 radical (unpaired) electrons. The second-order valence-corrected chi connectivity index (χ2v) is 17.8. The van der Waals surface area contributed by atoms with Crippen molar-refractivity contribution >= 4 is 17.9 Å². The molecule has 54 heavy (non-hydrogen) atoms. The van der Waals surface area contributed by atoms with Crippen molar-refractivity contribution in [1.29, 1.82) is 0 Å². The Morgan fingerprint density at radius 3 is 0.796 bits per heavy atom. The van der Waals surface area contributed by atoms with Gasteiger partial charge < -0.3 is 14.2 Å². The van der Waals surface area contributed by atoms with Crippen molar-refractivity contribution in [3.05, 3.63) is 0 Å². The van der Waals surface area contributed by atoms with Gasteiger partial charge in [-0.05, 0) is 37.0 Å². The third kappa shape index (κ3) is 41.6. The van der Waals surface area contributed by atoms with E-state index in [2.05, 4.69) is 41.5 Å². The molecule has 0 unspecified atom stereocenters. The standard InChI is InChI=1S/C48H92O6/c1-42(2)34-28-22-16-12-10-8-7-9-11-13-19-27-33-39-48(51)54-45(41-53-47(50)38-32-26-21-20-24-30-36-44(5)6)40-52-46(49)37-31-25-18-15-14-17-23-29-35-43(3)4/h42-45H,7-41H2,1-6H3/t45-/m1/s1. The SMILES string of the molecule is CC(C)CCCCCCCCCCCCCCCC(=O)O[C@H](COC(=O)CCCCCCCCCCC(C)C)COC(=O)CCCCCCCCC(C)C. The van der Waals surface area contributed by atoms with Crippen LogP contribution in [-0.4, -0.2) is 37.2 Å². The van der Waals surface area contributed by atoms with Gasteiger partial charge in [0, 0.05) is 19.3 Å². The maximum atomic E-state index is 12.7. The number of ether oxygens (including phenoxy) is 3. The van der Waals surface area contributed by atoms with Crippen molar-refractivity contribution < 1.29 is 28.6 Å². The fraction of sp³-hybridized carbons (Fsp3) is 0.938. The Hall–Kier alpha value is -1.59. The molecule has 0 aromatic carbocycles. The molecule has 0 fully saturated rings. The van der Waals surface area contributed by atoms with Crippen LogP contribution >= 0.6 is 0 Å². The Labute approximate surface area is 336 Å². The maximum absolute atomic E-state index is 12.7. The fourth-order valence-electron chi connectivity index (χ4n) is 7.06. The second kappa shape index (κ2) is 39.6. The Morgan fingerprint density at radius 2 is 0.537 bits per heavy atom. The van der Waals surface area contributed by atoms with E-state index in [1.54, 1.807) is 0 Å². The smallest absolute Gasteiger partial charge is 0.306 e. The van der Waals surface area contributed by atoms with E-state index >= 15 is 0 Å². The second-order valence-electron chi connectivity index (χ2n) is 17.8. The Bertz CT molecular complexity index is 837. The summed E-state index contributed by atoms with van der Waals surface area (Å²) in [6.07, 6.45) is 36.8. The summed E-state index contributed by atoms with van der Waals surface area (Å²) >= 11 is 0. The summed E-state index contributed by atoms with van der Waals surface area (Å²) in [5, 5.41) is 0. The van der Waals surface area contributed by atoms with Gasteiger partial charge in [0.25, 0.3) is 0 Å².